The number of para-hydroxylation sites is 1. The fourth-order valence-corrected chi connectivity index (χ4v) is 1.88. The molecule has 0 spiro atoms. The third kappa shape index (κ3) is 2.30. The number of aliphatic hydroxyl groups is 1. The van der Waals surface area contributed by atoms with Gasteiger partial charge in [-0.05, 0) is 25.3 Å². The minimum absolute atomic E-state index is 0.428. The Morgan fingerprint density at radius 3 is 3.19 bits per heavy atom. The van der Waals surface area contributed by atoms with Gasteiger partial charge in [-0.25, -0.2) is 0 Å². The van der Waals surface area contributed by atoms with Gasteiger partial charge >= 0.3 is 0 Å². The van der Waals surface area contributed by atoms with E-state index in [-0.39, 0.29) is 0 Å². The molecule has 0 aliphatic carbocycles. The van der Waals surface area contributed by atoms with Gasteiger partial charge in [-0.15, -0.1) is 0 Å². The molecule has 0 radical (unpaired) electrons. The number of hydrogen-bond acceptors (Lipinski definition) is 3. The van der Waals surface area contributed by atoms with Gasteiger partial charge in [0, 0.05) is 5.56 Å². The quantitative estimate of drug-likeness (QED) is 0.854. The Bertz CT molecular complexity index is 349. The predicted octanol–water partition coefficient (Wildman–Crippen LogP) is 2.68. The van der Waals surface area contributed by atoms with E-state index in [1.807, 2.05) is 18.2 Å². The van der Waals surface area contributed by atoms with Crippen LogP contribution in [0.15, 0.2) is 18.2 Å². The van der Waals surface area contributed by atoms with E-state index in [1.165, 1.54) is 0 Å². The fraction of sp³-hybridized carbons (Fsp3) is 0.538. The highest BCUT2D eigenvalue weighted by atomic mass is 16.5. The van der Waals surface area contributed by atoms with Crippen LogP contribution >= 0.6 is 0 Å². The Morgan fingerprint density at radius 2 is 2.38 bits per heavy atom. The number of benzene rings is 1. The minimum atomic E-state index is -0.428. The molecule has 0 saturated carbocycles. The van der Waals surface area contributed by atoms with Crippen LogP contribution in [0.4, 0.5) is 0 Å². The first kappa shape index (κ1) is 11.3. The van der Waals surface area contributed by atoms with Crippen molar-refractivity contribution < 1.29 is 14.6 Å². The molecule has 0 amide bonds. The first-order valence-electron chi connectivity index (χ1n) is 5.89. The highest BCUT2D eigenvalue weighted by Crippen LogP contribution is 2.38. The zero-order chi connectivity index (χ0) is 11.4. The molecule has 2 rings (SSSR count). The monoisotopic (exact) mass is 222 g/mol. The SMILES string of the molecule is CCCOc1cccc2c1OCCC[C@@H]2O. The van der Waals surface area contributed by atoms with Crippen LogP contribution < -0.4 is 9.47 Å². The van der Waals surface area contributed by atoms with Crippen molar-refractivity contribution in [1.29, 1.82) is 0 Å². The van der Waals surface area contributed by atoms with Gasteiger partial charge in [0.1, 0.15) is 0 Å². The molecule has 0 aromatic heterocycles. The summed E-state index contributed by atoms with van der Waals surface area (Å²) in [6, 6.07) is 5.71. The van der Waals surface area contributed by atoms with Gasteiger partial charge in [0.15, 0.2) is 11.5 Å². The topological polar surface area (TPSA) is 38.7 Å². The molecule has 0 saturated heterocycles. The van der Waals surface area contributed by atoms with Crippen molar-refractivity contribution in [1.82, 2.24) is 0 Å². The predicted molar refractivity (Wildman–Crippen MR) is 61.9 cm³/mol. The molecule has 3 heteroatoms. The molecule has 1 heterocycles. The molecule has 3 nitrogen and oxygen atoms in total. The van der Waals surface area contributed by atoms with Gasteiger partial charge in [-0.2, -0.15) is 0 Å². The molecule has 0 unspecified atom stereocenters. The summed E-state index contributed by atoms with van der Waals surface area (Å²) in [7, 11) is 0. The average Bonchev–Trinajstić information content (AvgIpc) is 2.49. The van der Waals surface area contributed by atoms with Gasteiger partial charge < -0.3 is 14.6 Å². The summed E-state index contributed by atoms with van der Waals surface area (Å²) in [6.45, 7) is 3.39. The molecule has 0 fully saturated rings. The van der Waals surface area contributed by atoms with Crippen molar-refractivity contribution in [2.24, 2.45) is 0 Å². The van der Waals surface area contributed by atoms with E-state index in [9.17, 15) is 5.11 Å². The van der Waals surface area contributed by atoms with Crippen molar-refractivity contribution in [3.05, 3.63) is 23.8 Å². The molecule has 1 aromatic carbocycles. The molecule has 16 heavy (non-hydrogen) atoms. The van der Waals surface area contributed by atoms with Crippen LogP contribution in [-0.2, 0) is 0 Å². The Balaban J connectivity index is 2.29. The van der Waals surface area contributed by atoms with Crippen molar-refractivity contribution >= 4 is 0 Å². The summed E-state index contributed by atoms with van der Waals surface area (Å²) >= 11 is 0. The second-order valence-electron chi connectivity index (χ2n) is 4.03. The summed E-state index contributed by atoms with van der Waals surface area (Å²) in [6.07, 6.45) is 2.17. The number of hydrogen-bond donors (Lipinski definition) is 1. The highest BCUT2D eigenvalue weighted by molar-refractivity contribution is 5.48. The van der Waals surface area contributed by atoms with Gasteiger partial charge in [-0.3, -0.25) is 0 Å². The molecule has 0 bridgehead atoms. The fourth-order valence-electron chi connectivity index (χ4n) is 1.88. The minimum Gasteiger partial charge on any atom is -0.490 e. The molecule has 1 N–H and O–H groups in total. The van der Waals surface area contributed by atoms with Crippen LogP contribution in [0.2, 0.25) is 0 Å². The van der Waals surface area contributed by atoms with Crippen LogP contribution in [-0.4, -0.2) is 18.3 Å². The first-order chi connectivity index (χ1) is 7.83. The average molecular weight is 222 g/mol. The maximum Gasteiger partial charge on any atom is 0.166 e. The molecule has 1 aromatic rings. The van der Waals surface area contributed by atoms with Gasteiger partial charge in [0.05, 0.1) is 19.3 Å². The van der Waals surface area contributed by atoms with Crippen LogP contribution in [0, 0.1) is 0 Å². The van der Waals surface area contributed by atoms with Crippen molar-refractivity contribution in [2.75, 3.05) is 13.2 Å². The van der Waals surface area contributed by atoms with Crippen molar-refractivity contribution in [2.45, 2.75) is 32.3 Å². The standard InChI is InChI=1S/C13H18O3/c1-2-8-15-12-7-3-5-10-11(14)6-4-9-16-13(10)12/h3,5,7,11,14H,2,4,6,8-9H2,1H3/t11-/m0/s1. The number of rotatable bonds is 3. The maximum absolute atomic E-state index is 9.96. The van der Waals surface area contributed by atoms with E-state index in [0.29, 0.717) is 13.2 Å². The molecule has 1 aliphatic rings. The van der Waals surface area contributed by atoms with E-state index >= 15 is 0 Å². The van der Waals surface area contributed by atoms with E-state index in [2.05, 4.69) is 6.92 Å². The molecule has 1 aliphatic heterocycles. The number of aliphatic hydroxyl groups excluding tert-OH is 1. The maximum atomic E-state index is 9.96. The summed E-state index contributed by atoms with van der Waals surface area (Å²) in [5.41, 5.74) is 0.853. The van der Waals surface area contributed by atoms with Gasteiger partial charge in [0.25, 0.3) is 0 Å². The first-order valence-corrected chi connectivity index (χ1v) is 5.89. The van der Waals surface area contributed by atoms with Crippen molar-refractivity contribution in [3.63, 3.8) is 0 Å². The third-order valence-corrected chi connectivity index (χ3v) is 2.70. The van der Waals surface area contributed by atoms with Crippen LogP contribution in [0.1, 0.15) is 37.9 Å². The zero-order valence-corrected chi connectivity index (χ0v) is 9.61. The zero-order valence-electron chi connectivity index (χ0n) is 9.61. The normalized spacial score (nSPS) is 19.5. The Labute approximate surface area is 96.0 Å². The van der Waals surface area contributed by atoms with E-state index < -0.39 is 6.10 Å². The molecular weight excluding hydrogens is 204 g/mol. The van der Waals surface area contributed by atoms with Gasteiger partial charge in [0.2, 0.25) is 0 Å². The lowest BCUT2D eigenvalue weighted by atomic mass is 10.0. The molecule has 88 valence electrons. The second-order valence-corrected chi connectivity index (χ2v) is 4.03. The van der Waals surface area contributed by atoms with E-state index in [0.717, 1.165) is 36.3 Å². The molecular formula is C13H18O3. The molecule has 1 atom stereocenters. The lowest BCUT2D eigenvalue weighted by Gasteiger charge is -2.15. The second kappa shape index (κ2) is 5.21. The smallest absolute Gasteiger partial charge is 0.166 e. The van der Waals surface area contributed by atoms with Crippen LogP contribution in [0.5, 0.6) is 11.5 Å². The summed E-state index contributed by atoms with van der Waals surface area (Å²) in [5.74, 6) is 1.47. The Kier molecular flexibility index (Phi) is 3.67. The summed E-state index contributed by atoms with van der Waals surface area (Å²) < 4.78 is 11.3. The lowest BCUT2D eigenvalue weighted by Crippen LogP contribution is -2.02. The number of ether oxygens (including phenoxy) is 2. The van der Waals surface area contributed by atoms with Crippen LogP contribution in [0.25, 0.3) is 0 Å². The largest absolute Gasteiger partial charge is 0.490 e. The third-order valence-electron chi connectivity index (χ3n) is 2.70. The Morgan fingerprint density at radius 1 is 1.50 bits per heavy atom. The van der Waals surface area contributed by atoms with Gasteiger partial charge in [-0.1, -0.05) is 19.1 Å². The Hall–Kier alpha value is -1.22. The van der Waals surface area contributed by atoms with E-state index in [1.54, 1.807) is 0 Å². The van der Waals surface area contributed by atoms with E-state index in [4.69, 9.17) is 9.47 Å². The number of fused-ring (bicyclic) bond motifs is 1. The summed E-state index contributed by atoms with van der Waals surface area (Å²) in [4.78, 5) is 0. The lowest BCUT2D eigenvalue weighted by molar-refractivity contribution is 0.167. The highest BCUT2D eigenvalue weighted by Gasteiger charge is 2.20. The van der Waals surface area contributed by atoms with Crippen LogP contribution in [0.3, 0.4) is 0 Å². The summed E-state index contributed by atoms with van der Waals surface area (Å²) in [5, 5.41) is 9.96. The van der Waals surface area contributed by atoms with Crippen molar-refractivity contribution in [3.8, 4) is 11.5 Å².